The molecule has 0 aliphatic carbocycles. The van der Waals surface area contributed by atoms with Crippen LogP contribution in [0.1, 0.15) is 11.3 Å². The smallest absolute Gasteiger partial charge is 0.355 e. The van der Waals surface area contributed by atoms with Crippen LogP contribution in [0.25, 0.3) is 0 Å². The molecule has 1 N–H and O–H groups in total. The Morgan fingerprint density at radius 1 is 1.50 bits per heavy atom. The second kappa shape index (κ2) is 2.83. The lowest BCUT2D eigenvalue weighted by molar-refractivity contribution is -0.141. The van der Waals surface area contributed by atoms with Crippen LogP contribution in [-0.2, 0) is 6.18 Å². The molecule has 0 unspecified atom stereocenters. The average Bonchev–Trinajstić information content (AvgIpc) is 2.29. The maximum absolute atomic E-state index is 12.0. The molecule has 0 bridgehead atoms. The minimum absolute atomic E-state index is 0.0534. The van der Waals surface area contributed by atoms with Gasteiger partial charge in [-0.05, 0) is 15.9 Å². The van der Waals surface area contributed by atoms with E-state index in [4.69, 9.17) is 5.26 Å². The lowest BCUT2D eigenvalue weighted by Gasteiger charge is -2.02. The van der Waals surface area contributed by atoms with E-state index in [-0.39, 0.29) is 10.0 Å². The highest BCUT2D eigenvalue weighted by atomic mass is 79.9. The molecule has 0 saturated carbocycles. The molecular formula is C6H2BrF3N2. The first-order valence-corrected chi connectivity index (χ1v) is 3.60. The van der Waals surface area contributed by atoms with Gasteiger partial charge in [0.2, 0.25) is 0 Å². The fourth-order valence-corrected chi connectivity index (χ4v) is 1.24. The normalized spacial score (nSPS) is 11.2. The van der Waals surface area contributed by atoms with Gasteiger partial charge in [0.15, 0.2) is 0 Å². The van der Waals surface area contributed by atoms with Gasteiger partial charge in [-0.15, -0.1) is 0 Å². The summed E-state index contributed by atoms with van der Waals surface area (Å²) in [6, 6.07) is 1.61. The van der Waals surface area contributed by atoms with Gasteiger partial charge in [0.1, 0.15) is 11.8 Å². The van der Waals surface area contributed by atoms with E-state index >= 15 is 0 Å². The van der Waals surface area contributed by atoms with Gasteiger partial charge >= 0.3 is 6.18 Å². The zero-order valence-electron chi connectivity index (χ0n) is 5.54. The van der Waals surface area contributed by atoms with Crippen LogP contribution in [0.4, 0.5) is 13.2 Å². The van der Waals surface area contributed by atoms with Gasteiger partial charge in [0.25, 0.3) is 0 Å². The number of hydrogen-bond acceptors (Lipinski definition) is 1. The van der Waals surface area contributed by atoms with Crippen LogP contribution in [0.2, 0.25) is 0 Å². The van der Waals surface area contributed by atoms with E-state index in [1.54, 1.807) is 6.07 Å². The molecule has 12 heavy (non-hydrogen) atoms. The van der Waals surface area contributed by atoms with Crippen molar-refractivity contribution in [3.8, 4) is 6.07 Å². The Bertz CT molecular complexity index is 334. The van der Waals surface area contributed by atoms with Gasteiger partial charge in [0, 0.05) is 6.20 Å². The minimum Gasteiger partial charge on any atom is -0.355 e. The van der Waals surface area contributed by atoms with Crippen molar-refractivity contribution in [1.82, 2.24) is 4.98 Å². The van der Waals surface area contributed by atoms with Crippen LogP contribution in [0.3, 0.4) is 0 Å². The zero-order valence-corrected chi connectivity index (χ0v) is 7.12. The summed E-state index contributed by atoms with van der Waals surface area (Å²) in [5.74, 6) is 0. The molecule has 6 heteroatoms. The van der Waals surface area contributed by atoms with E-state index in [0.29, 0.717) is 0 Å². The standard InChI is InChI=1S/C6H2BrF3N2/c7-4-3(1-11)2-12-5(4)6(8,9)10/h2,12H. The number of hydrogen-bond donors (Lipinski definition) is 1. The highest BCUT2D eigenvalue weighted by Gasteiger charge is 2.35. The molecule has 2 nitrogen and oxygen atoms in total. The van der Waals surface area contributed by atoms with Crippen molar-refractivity contribution >= 4 is 15.9 Å². The zero-order chi connectivity index (χ0) is 9.35. The summed E-state index contributed by atoms with van der Waals surface area (Å²) >= 11 is 2.67. The van der Waals surface area contributed by atoms with E-state index in [1.807, 2.05) is 4.98 Å². The SMILES string of the molecule is N#Cc1c[nH]c(C(F)(F)F)c1Br. The molecule has 0 aliphatic heterocycles. The molecule has 1 aromatic heterocycles. The Hall–Kier alpha value is -0.960. The van der Waals surface area contributed by atoms with E-state index in [0.717, 1.165) is 6.20 Å². The first-order valence-electron chi connectivity index (χ1n) is 2.81. The highest BCUT2D eigenvalue weighted by Crippen LogP contribution is 2.35. The van der Waals surface area contributed by atoms with Crippen LogP contribution in [-0.4, -0.2) is 4.98 Å². The van der Waals surface area contributed by atoms with Gasteiger partial charge in [-0.3, -0.25) is 0 Å². The molecule has 1 heterocycles. The van der Waals surface area contributed by atoms with E-state index < -0.39 is 11.9 Å². The average molecular weight is 239 g/mol. The molecule has 0 saturated heterocycles. The third-order valence-electron chi connectivity index (χ3n) is 1.22. The molecule has 0 radical (unpaired) electrons. The van der Waals surface area contributed by atoms with E-state index in [2.05, 4.69) is 15.9 Å². The van der Waals surface area contributed by atoms with Gasteiger partial charge < -0.3 is 4.98 Å². The summed E-state index contributed by atoms with van der Waals surface area (Å²) < 4.78 is 35.8. The number of aromatic amines is 1. The molecular weight excluding hydrogens is 237 g/mol. The van der Waals surface area contributed by atoms with Crippen LogP contribution in [0.5, 0.6) is 0 Å². The van der Waals surface area contributed by atoms with Crippen molar-refractivity contribution < 1.29 is 13.2 Å². The second-order valence-electron chi connectivity index (χ2n) is 2.00. The number of halogens is 4. The van der Waals surface area contributed by atoms with Crippen molar-refractivity contribution in [3.63, 3.8) is 0 Å². The van der Waals surface area contributed by atoms with E-state index in [1.165, 1.54) is 0 Å². The minimum atomic E-state index is -4.45. The Labute approximate surface area is 74.1 Å². The summed E-state index contributed by atoms with van der Waals surface area (Å²) in [7, 11) is 0. The van der Waals surface area contributed by atoms with Crippen LogP contribution in [0, 0.1) is 11.3 Å². The van der Waals surface area contributed by atoms with Crippen LogP contribution >= 0.6 is 15.9 Å². The third kappa shape index (κ3) is 1.46. The Kier molecular flexibility index (Phi) is 2.15. The van der Waals surface area contributed by atoms with Gasteiger partial charge in [-0.1, -0.05) is 0 Å². The van der Waals surface area contributed by atoms with Gasteiger partial charge in [-0.25, -0.2) is 0 Å². The number of aromatic nitrogens is 1. The van der Waals surface area contributed by atoms with Crippen molar-refractivity contribution in [2.45, 2.75) is 6.18 Å². The monoisotopic (exact) mass is 238 g/mol. The lowest BCUT2D eigenvalue weighted by Crippen LogP contribution is -2.05. The molecule has 1 rings (SSSR count). The Morgan fingerprint density at radius 2 is 2.08 bits per heavy atom. The molecule has 0 amide bonds. The number of nitrogens with one attached hydrogen (secondary N) is 1. The van der Waals surface area contributed by atoms with Gasteiger partial charge in [0.05, 0.1) is 10.0 Å². The quantitative estimate of drug-likeness (QED) is 0.742. The van der Waals surface area contributed by atoms with Crippen LogP contribution < -0.4 is 0 Å². The molecule has 0 atom stereocenters. The summed E-state index contributed by atoms with van der Waals surface area (Å²) in [6.45, 7) is 0. The number of nitrogens with zero attached hydrogens (tertiary/aromatic N) is 1. The molecule has 1 aromatic rings. The number of rotatable bonds is 0. The molecule has 0 aliphatic rings. The first kappa shape index (κ1) is 9.13. The molecule has 0 aromatic carbocycles. The molecule has 64 valence electrons. The first-order chi connectivity index (χ1) is 5.46. The van der Waals surface area contributed by atoms with Gasteiger partial charge in [-0.2, -0.15) is 18.4 Å². The fraction of sp³-hybridized carbons (Fsp3) is 0.167. The fourth-order valence-electron chi connectivity index (χ4n) is 0.693. The topological polar surface area (TPSA) is 39.6 Å². The van der Waals surface area contributed by atoms with Crippen molar-refractivity contribution in [1.29, 1.82) is 5.26 Å². The number of alkyl halides is 3. The summed E-state index contributed by atoms with van der Waals surface area (Å²) in [5.41, 5.74) is -0.985. The third-order valence-corrected chi connectivity index (χ3v) is 2.04. The Balaban J connectivity index is 3.22. The van der Waals surface area contributed by atoms with Crippen molar-refractivity contribution in [2.75, 3.05) is 0 Å². The molecule has 0 fully saturated rings. The number of H-pyrrole nitrogens is 1. The summed E-state index contributed by atoms with van der Waals surface area (Å²) in [4.78, 5) is 1.97. The predicted octanol–water partition coefficient (Wildman–Crippen LogP) is 2.67. The second-order valence-corrected chi connectivity index (χ2v) is 2.79. The lowest BCUT2D eigenvalue weighted by atomic mass is 10.3. The summed E-state index contributed by atoms with van der Waals surface area (Å²) in [6.07, 6.45) is -3.44. The maximum atomic E-state index is 12.0. The maximum Gasteiger partial charge on any atom is 0.432 e. The highest BCUT2D eigenvalue weighted by molar-refractivity contribution is 9.10. The largest absolute Gasteiger partial charge is 0.432 e. The Morgan fingerprint density at radius 3 is 2.33 bits per heavy atom. The summed E-state index contributed by atoms with van der Waals surface area (Å²) in [5, 5.41) is 8.33. The predicted molar refractivity (Wildman–Crippen MR) is 38.2 cm³/mol. The van der Waals surface area contributed by atoms with Crippen LogP contribution in [0.15, 0.2) is 10.7 Å². The van der Waals surface area contributed by atoms with E-state index in [9.17, 15) is 13.2 Å². The van der Waals surface area contributed by atoms with Crippen molar-refractivity contribution in [3.05, 3.63) is 21.9 Å². The van der Waals surface area contributed by atoms with Crippen molar-refractivity contribution in [2.24, 2.45) is 0 Å². The number of nitriles is 1. The molecule has 0 spiro atoms.